The maximum Gasteiger partial charge on any atom is 0.147 e. The summed E-state index contributed by atoms with van der Waals surface area (Å²) >= 11 is 0. The molecule has 0 bridgehead atoms. The van der Waals surface area contributed by atoms with E-state index >= 15 is 0 Å². The van der Waals surface area contributed by atoms with Crippen LogP contribution >= 0.6 is 0 Å². The molecule has 3 nitrogen and oxygen atoms in total. The summed E-state index contributed by atoms with van der Waals surface area (Å²) in [5.41, 5.74) is -0.302. The lowest BCUT2D eigenvalue weighted by Gasteiger charge is -2.45. The van der Waals surface area contributed by atoms with Crippen LogP contribution < -0.4 is 0 Å². The first-order valence-electron chi connectivity index (χ1n) is 7.41. The van der Waals surface area contributed by atoms with Gasteiger partial charge < -0.3 is 9.47 Å². The molecule has 19 heavy (non-hydrogen) atoms. The van der Waals surface area contributed by atoms with Crippen LogP contribution in [0.25, 0.3) is 0 Å². The summed E-state index contributed by atoms with van der Waals surface area (Å²) in [6, 6.07) is 0. The third kappa shape index (κ3) is 0.699. The Kier molecular flexibility index (Phi) is 1.50. The maximum absolute atomic E-state index is 12.8. The molecule has 4 aliphatic carbocycles. The summed E-state index contributed by atoms with van der Waals surface area (Å²) in [4.78, 5) is 12.8. The van der Waals surface area contributed by atoms with Gasteiger partial charge >= 0.3 is 0 Å². The Morgan fingerprint density at radius 3 is 2.89 bits per heavy atom. The van der Waals surface area contributed by atoms with Crippen LogP contribution in [0.1, 0.15) is 27.2 Å². The van der Waals surface area contributed by atoms with Crippen LogP contribution in [0.4, 0.5) is 0 Å². The highest BCUT2D eigenvalue weighted by Gasteiger charge is 2.99. The molecule has 5 rings (SSSR count). The fraction of sp³-hybridized carbons (Fsp3) is 0.812. The monoisotopic (exact) mass is 260 g/mol. The van der Waals surface area contributed by atoms with Gasteiger partial charge in [-0.2, -0.15) is 0 Å². The lowest BCUT2D eigenvalue weighted by molar-refractivity contribution is -0.221. The molecule has 5 aliphatic rings. The minimum atomic E-state index is -0.216. The van der Waals surface area contributed by atoms with Gasteiger partial charge in [-0.05, 0) is 11.3 Å². The molecule has 1 saturated heterocycles. The number of hydrogen-bond acceptors (Lipinski definition) is 3. The third-order valence-corrected chi connectivity index (χ3v) is 7.44. The molecule has 6 atom stereocenters. The Morgan fingerprint density at radius 2 is 2.11 bits per heavy atom. The number of Topliss-reactive ketones (excluding diaryl/α,β-unsaturated/α-hetero) is 1. The Bertz CT molecular complexity index is 550. The molecule has 0 radical (unpaired) electrons. The van der Waals surface area contributed by atoms with E-state index in [0.29, 0.717) is 30.3 Å². The van der Waals surface area contributed by atoms with Gasteiger partial charge in [-0.1, -0.05) is 32.9 Å². The lowest BCUT2D eigenvalue weighted by atomic mass is 9.64. The summed E-state index contributed by atoms with van der Waals surface area (Å²) in [5, 5.41) is 0. The van der Waals surface area contributed by atoms with Crippen LogP contribution in [0, 0.1) is 34.0 Å². The second kappa shape index (κ2) is 2.58. The molecule has 1 heterocycles. The first kappa shape index (κ1) is 11.0. The van der Waals surface area contributed by atoms with Crippen LogP contribution in [-0.4, -0.2) is 24.8 Å². The van der Waals surface area contributed by atoms with E-state index in [2.05, 4.69) is 32.9 Å². The van der Waals surface area contributed by atoms with Crippen molar-refractivity contribution in [1.82, 2.24) is 0 Å². The zero-order chi connectivity index (χ0) is 13.3. The minimum absolute atomic E-state index is 0.0244. The maximum atomic E-state index is 12.8. The zero-order valence-corrected chi connectivity index (χ0v) is 11.7. The zero-order valence-electron chi connectivity index (χ0n) is 11.7. The number of carbonyl (C=O) groups is 1. The molecule has 0 aromatic heterocycles. The van der Waals surface area contributed by atoms with Gasteiger partial charge in [0.25, 0.3) is 0 Å². The third-order valence-electron chi connectivity index (χ3n) is 7.44. The second-order valence-corrected chi connectivity index (χ2v) is 7.80. The summed E-state index contributed by atoms with van der Waals surface area (Å²) in [6.45, 7) is 7.90. The predicted molar refractivity (Wildman–Crippen MR) is 68.2 cm³/mol. The SMILES string of the molecule is C[C@@H]1CC(=O)C23[C@@H]4[C@]5(C=C[C@@]142)OCOC[C@H]5C3(C)C. The van der Waals surface area contributed by atoms with Crippen molar-refractivity contribution in [2.75, 3.05) is 13.4 Å². The van der Waals surface area contributed by atoms with E-state index in [0.717, 1.165) is 13.0 Å². The largest absolute Gasteiger partial charge is 0.355 e. The fourth-order valence-electron chi connectivity index (χ4n) is 7.00. The van der Waals surface area contributed by atoms with Crippen molar-refractivity contribution in [1.29, 1.82) is 0 Å². The summed E-state index contributed by atoms with van der Waals surface area (Å²) < 4.78 is 11.7. The van der Waals surface area contributed by atoms with E-state index in [1.54, 1.807) is 0 Å². The number of carbonyl (C=O) groups excluding carboxylic acids is 1. The van der Waals surface area contributed by atoms with E-state index in [-0.39, 0.29) is 21.8 Å². The molecule has 1 unspecified atom stereocenters. The lowest BCUT2D eigenvalue weighted by Crippen LogP contribution is -2.50. The average molecular weight is 260 g/mol. The number of hydrogen-bond donors (Lipinski definition) is 0. The predicted octanol–water partition coefficient (Wildman–Crippen LogP) is 2.17. The Hall–Kier alpha value is -0.670. The molecule has 3 spiro atoms. The van der Waals surface area contributed by atoms with Gasteiger partial charge in [-0.25, -0.2) is 0 Å². The molecule has 4 fully saturated rings. The smallest absolute Gasteiger partial charge is 0.147 e. The van der Waals surface area contributed by atoms with E-state index in [9.17, 15) is 4.79 Å². The van der Waals surface area contributed by atoms with Gasteiger partial charge in [0.05, 0.1) is 17.6 Å². The minimum Gasteiger partial charge on any atom is -0.355 e. The van der Waals surface area contributed by atoms with Gasteiger partial charge in [-0.15, -0.1) is 0 Å². The first-order chi connectivity index (χ1) is 8.96. The van der Waals surface area contributed by atoms with Crippen molar-refractivity contribution in [2.24, 2.45) is 34.0 Å². The van der Waals surface area contributed by atoms with Crippen molar-refractivity contribution in [2.45, 2.75) is 32.8 Å². The molecule has 1 aliphatic heterocycles. The highest BCUT2D eigenvalue weighted by atomic mass is 16.7. The van der Waals surface area contributed by atoms with Crippen molar-refractivity contribution in [3.63, 3.8) is 0 Å². The van der Waals surface area contributed by atoms with Crippen molar-refractivity contribution < 1.29 is 14.3 Å². The second-order valence-electron chi connectivity index (χ2n) is 7.80. The number of ether oxygens (including phenoxy) is 2. The van der Waals surface area contributed by atoms with Gasteiger partial charge in [0.2, 0.25) is 0 Å². The average Bonchev–Trinajstić information content (AvgIpc) is 2.75. The Morgan fingerprint density at radius 1 is 1.32 bits per heavy atom. The van der Waals surface area contributed by atoms with Gasteiger partial charge in [0, 0.05) is 23.7 Å². The molecular weight excluding hydrogens is 240 g/mol. The summed E-state index contributed by atoms with van der Waals surface area (Å²) in [7, 11) is 0. The normalized spacial score (nSPS) is 62.9. The van der Waals surface area contributed by atoms with Crippen LogP contribution in [-0.2, 0) is 14.3 Å². The van der Waals surface area contributed by atoms with Gasteiger partial charge in [0.1, 0.15) is 12.6 Å². The van der Waals surface area contributed by atoms with Crippen LogP contribution in [0.15, 0.2) is 12.2 Å². The van der Waals surface area contributed by atoms with Crippen LogP contribution in [0.5, 0.6) is 0 Å². The molecule has 0 aromatic rings. The van der Waals surface area contributed by atoms with E-state index in [4.69, 9.17) is 9.47 Å². The van der Waals surface area contributed by atoms with Crippen LogP contribution in [0.2, 0.25) is 0 Å². The van der Waals surface area contributed by atoms with E-state index < -0.39 is 0 Å². The standard InChI is InChI=1S/C16H20O3/c1-9-6-11(17)16-12-14(9,16)4-5-15(12)10(13(16,2)3)7-18-8-19-15/h4-5,9-10,12H,6-8H2,1-3H3/t9-,10+,12+,14-,15-,16?/m1/s1. The number of ketones is 1. The molecule has 0 amide bonds. The number of allylic oxidation sites excluding steroid dienone is 1. The summed E-state index contributed by atoms with van der Waals surface area (Å²) in [5.74, 6) is 1.65. The van der Waals surface area contributed by atoms with Gasteiger partial charge in [0.15, 0.2) is 0 Å². The highest BCUT2D eigenvalue weighted by molar-refractivity contribution is 5.97. The molecule has 3 saturated carbocycles. The quantitative estimate of drug-likeness (QED) is 0.626. The first-order valence-corrected chi connectivity index (χ1v) is 7.41. The van der Waals surface area contributed by atoms with Gasteiger partial charge in [-0.3, -0.25) is 4.79 Å². The molecular formula is C16H20O3. The van der Waals surface area contributed by atoms with E-state index in [1.807, 2.05) is 0 Å². The van der Waals surface area contributed by atoms with Crippen LogP contribution in [0.3, 0.4) is 0 Å². The molecule has 3 heteroatoms. The summed E-state index contributed by atoms with van der Waals surface area (Å²) in [6.07, 6.45) is 5.38. The van der Waals surface area contributed by atoms with Crippen molar-refractivity contribution >= 4 is 5.78 Å². The topological polar surface area (TPSA) is 35.5 Å². The molecule has 0 N–H and O–H groups in total. The highest BCUT2D eigenvalue weighted by Crippen LogP contribution is 2.95. The molecule has 0 aromatic carbocycles. The molecule has 102 valence electrons. The van der Waals surface area contributed by atoms with E-state index in [1.165, 1.54) is 0 Å². The van der Waals surface area contributed by atoms with Crippen molar-refractivity contribution in [3.05, 3.63) is 12.2 Å². The van der Waals surface area contributed by atoms with Crippen molar-refractivity contribution in [3.8, 4) is 0 Å². The fourth-order valence-corrected chi connectivity index (χ4v) is 7.00. The Labute approximate surface area is 113 Å². The Balaban J connectivity index is 1.81. The number of rotatable bonds is 0.